The number of aliphatic hydroxyl groups is 1. The summed E-state index contributed by atoms with van der Waals surface area (Å²) in [5, 5.41) is 8.69. The zero-order valence-corrected chi connectivity index (χ0v) is 9.39. The summed E-state index contributed by atoms with van der Waals surface area (Å²) in [5.74, 6) is 0.168. The lowest BCUT2D eigenvalue weighted by molar-refractivity contribution is -0.153. The van der Waals surface area contributed by atoms with Crippen molar-refractivity contribution < 1.29 is 14.7 Å². The third-order valence-corrected chi connectivity index (χ3v) is 3.33. The van der Waals surface area contributed by atoms with E-state index in [-0.39, 0.29) is 31.0 Å². The van der Waals surface area contributed by atoms with Gasteiger partial charge in [-0.3, -0.25) is 9.59 Å². The molecule has 2 saturated heterocycles. The largest absolute Gasteiger partial charge is 0.396 e. The Morgan fingerprint density at radius 2 is 2.12 bits per heavy atom. The van der Waals surface area contributed by atoms with Gasteiger partial charge in [0.15, 0.2) is 0 Å². The van der Waals surface area contributed by atoms with Crippen LogP contribution in [0.15, 0.2) is 0 Å². The summed E-state index contributed by atoms with van der Waals surface area (Å²) in [6.45, 7) is 1.70. The molecule has 90 valence electrons. The first kappa shape index (κ1) is 11.4. The summed E-state index contributed by atoms with van der Waals surface area (Å²) >= 11 is 0. The van der Waals surface area contributed by atoms with Gasteiger partial charge < -0.3 is 14.9 Å². The van der Waals surface area contributed by atoms with Crippen LogP contribution in [0.4, 0.5) is 0 Å². The number of piperazine rings is 1. The van der Waals surface area contributed by atoms with Crippen LogP contribution in [0.2, 0.25) is 0 Å². The predicted molar refractivity (Wildman–Crippen MR) is 57.6 cm³/mol. The molecule has 2 amide bonds. The second kappa shape index (κ2) is 4.82. The predicted octanol–water partition coefficient (Wildman–Crippen LogP) is -0.408. The smallest absolute Gasteiger partial charge is 0.245 e. The van der Waals surface area contributed by atoms with Gasteiger partial charge in [0, 0.05) is 19.7 Å². The van der Waals surface area contributed by atoms with Crippen molar-refractivity contribution in [1.29, 1.82) is 0 Å². The van der Waals surface area contributed by atoms with Gasteiger partial charge in [-0.15, -0.1) is 0 Å². The van der Waals surface area contributed by atoms with Gasteiger partial charge in [0.2, 0.25) is 11.8 Å². The molecule has 0 aromatic rings. The van der Waals surface area contributed by atoms with E-state index in [2.05, 4.69) is 0 Å². The number of rotatable bonds is 4. The molecule has 0 bridgehead atoms. The van der Waals surface area contributed by atoms with Crippen LogP contribution in [0, 0.1) is 0 Å². The van der Waals surface area contributed by atoms with E-state index in [1.165, 1.54) is 0 Å². The molecule has 0 spiro atoms. The van der Waals surface area contributed by atoms with Crippen LogP contribution in [0.5, 0.6) is 0 Å². The van der Waals surface area contributed by atoms with Crippen LogP contribution in [-0.2, 0) is 9.59 Å². The van der Waals surface area contributed by atoms with Gasteiger partial charge >= 0.3 is 0 Å². The highest BCUT2D eigenvalue weighted by Gasteiger charge is 2.41. The van der Waals surface area contributed by atoms with Crippen molar-refractivity contribution >= 4 is 11.8 Å². The number of hydrogen-bond donors (Lipinski definition) is 1. The Hall–Kier alpha value is -1.10. The number of hydrogen-bond acceptors (Lipinski definition) is 3. The Morgan fingerprint density at radius 1 is 1.31 bits per heavy atom. The quantitative estimate of drug-likeness (QED) is 0.663. The summed E-state index contributed by atoms with van der Waals surface area (Å²) in [5.41, 5.74) is 0. The van der Waals surface area contributed by atoms with E-state index >= 15 is 0 Å². The maximum atomic E-state index is 12.0. The number of unbranched alkanes of at least 4 members (excludes halogenated alkanes) is 1. The second-order valence-electron chi connectivity index (χ2n) is 4.44. The first-order valence-electron chi connectivity index (χ1n) is 5.93. The van der Waals surface area contributed by atoms with Crippen LogP contribution < -0.4 is 0 Å². The lowest BCUT2D eigenvalue weighted by Crippen LogP contribution is -2.57. The Labute approximate surface area is 95.0 Å². The van der Waals surface area contributed by atoms with E-state index in [1.807, 2.05) is 0 Å². The fraction of sp³-hybridized carbons (Fsp3) is 0.818. The third kappa shape index (κ3) is 2.04. The SMILES string of the molecule is O=C1C2CCCN2C(=O)CN1CCCCO. The topological polar surface area (TPSA) is 60.9 Å². The van der Waals surface area contributed by atoms with Crippen molar-refractivity contribution in [3.63, 3.8) is 0 Å². The molecule has 0 radical (unpaired) electrons. The van der Waals surface area contributed by atoms with Gasteiger partial charge in [-0.1, -0.05) is 0 Å². The highest BCUT2D eigenvalue weighted by Crippen LogP contribution is 2.23. The first-order chi connectivity index (χ1) is 7.74. The van der Waals surface area contributed by atoms with Gasteiger partial charge in [-0.2, -0.15) is 0 Å². The maximum Gasteiger partial charge on any atom is 0.245 e. The normalized spacial score (nSPS) is 25.2. The van der Waals surface area contributed by atoms with E-state index in [1.54, 1.807) is 9.80 Å². The minimum Gasteiger partial charge on any atom is -0.396 e. The second-order valence-corrected chi connectivity index (χ2v) is 4.44. The van der Waals surface area contributed by atoms with E-state index in [9.17, 15) is 9.59 Å². The van der Waals surface area contributed by atoms with Crippen LogP contribution in [0.25, 0.3) is 0 Å². The van der Waals surface area contributed by atoms with Crippen molar-refractivity contribution in [2.75, 3.05) is 26.2 Å². The monoisotopic (exact) mass is 226 g/mol. The molecule has 1 N–H and O–H groups in total. The molecule has 0 saturated carbocycles. The highest BCUT2D eigenvalue weighted by molar-refractivity contribution is 5.95. The molecular formula is C11H18N2O3. The highest BCUT2D eigenvalue weighted by atomic mass is 16.3. The molecule has 2 fully saturated rings. The summed E-state index contributed by atoms with van der Waals surface area (Å²) in [6.07, 6.45) is 3.20. The van der Waals surface area contributed by atoms with Crippen LogP contribution in [0.1, 0.15) is 25.7 Å². The van der Waals surface area contributed by atoms with Crippen molar-refractivity contribution in [2.45, 2.75) is 31.7 Å². The average Bonchev–Trinajstić information content (AvgIpc) is 2.75. The zero-order chi connectivity index (χ0) is 11.5. The number of amides is 2. The summed E-state index contributed by atoms with van der Waals surface area (Å²) in [7, 11) is 0. The maximum absolute atomic E-state index is 12.0. The summed E-state index contributed by atoms with van der Waals surface area (Å²) in [4.78, 5) is 27.1. The van der Waals surface area contributed by atoms with Crippen LogP contribution in [0.3, 0.4) is 0 Å². The number of nitrogens with zero attached hydrogens (tertiary/aromatic N) is 2. The van der Waals surface area contributed by atoms with Crippen molar-refractivity contribution in [3.05, 3.63) is 0 Å². The van der Waals surface area contributed by atoms with E-state index in [4.69, 9.17) is 5.11 Å². The molecular weight excluding hydrogens is 208 g/mol. The van der Waals surface area contributed by atoms with Crippen molar-refractivity contribution in [3.8, 4) is 0 Å². The van der Waals surface area contributed by atoms with Gasteiger partial charge in [0.05, 0.1) is 6.54 Å². The van der Waals surface area contributed by atoms with Gasteiger partial charge in [0.25, 0.3) is 0 Å². The standard InChI is InChI=1S/C11H18N2O3/c14-7-2-1-5-12-8-10(15)13-6-3-4-9(13)11(12)16/h9,14H,1-8H2. The molecule has 2 rings (SSSR count). The zero-order valence-electron chi connectivity index (χ0n) is 9.39. The number of carbonyl (C=O) groups is 2. The Kier molecular flexibility index (Phi) is 3.43. The molecule has 2 aliphatic rings. The Bertz CT molecular complexity index is 293. The summed E-state index contributed by atoms with van der Waals surface area (Å²) in [6, 6.07) is -0.199. The van der Waals surface area contributed by atoms with Crippen LogP contribution in [-0.4, -0.2) is 59.0 Å². The third-order valence-electron chi connectivity index (χ3n) is 3.33. The van der Waals surface area contributed by atoms with E-state index in [0.29, 0.717) is 13.0 Å². The van der Waals surface area contributed by atoms with Crippen molar-refractivity contribution in [2.24, 2.45) is 0 Å². The van der Waals surface area contributed by atoms with Crippen LogP contribution >= 0.6 is 0 Å². The van der Waals surface area contributed by atoms with Gasteiger partial charge in [-0.25, -0.2) is 0 Å². The minimum atomic E-state index is -0.199. The lowest BCUT2D eigenvalue weighted by atomic mass is 10.1. The molecule has 5 heteroatoms. The van der Waals surface area contributed by atoms with E-state index in [0.717, 1.165) is 25.8 Å². The molecule has 16 heavy (non-hydrogen) atoms. The number of fused-ring (bicyclic) bond motifs is 1. The summed E-state index contributed by atoms with van der Waals surface area (Å²) < 4.78 is 0. The van der Waals surface area contributed by atoms with Crippen molar-refractivity contribution in [1.82, 2.24) is 9.80 Å². The number of aliphatic hydroxyl groups excluding tert-OH is 1. The van der Waals surface area contributed by atoms with E-state index < -0.39 is 0 Å². The van der Waals surface area contributed by atoms with Gasteiger partial charge in [0.1, 0.15) is 6.04 Å². The molecule has 1 atom stereocenters. The molecule has 2 aliphatic heterocycles. The first-order valence-corrected chi connectivity index (χ1v) is 5.93. The molecule has 0 aromatic carbocycles. The fourth-order valence-corrected chi connectivity index (χ4v) is 2.47. The minimum absolute atomic E-state index is 0.0751. The molecule has 2 heterocycles. The molecule has 5 nitrogen and oxygen atoms in total. The molecule has 1 unspecified atom stereocenters. The fourth-order valence-electron chi connectivity index (χ4n) is 2.47. The van der Waals surface area contributed by atoms with Gasteiger partial charge in [-0.05, 0) is 25.7 Å². The lowest BCUT2D eigenvalue weighted by Gasteiger charge is -2.36. The Morgan fingerprint density at radius 3 is 2.88 bits per heavy atom. The average molecular weight is 226 g/mol. The molecule has 0 aromatic heterocycles. The number of carbonyl (C=O) groups excluding carboxylic acids is 2. The Balaban J connectivity index is 1.94. The molecule has 0 aliphatic carbocycles.